The number of carbonyl (C=O) groups excluding carboxylic acids is 3. The second-order valence-corrected chi connectivity index (χ2v) is 9.32. The number of carbonyl (C=O) groups is 4. The number of aliphatic hydroxyl groups excluding tert-OH is 1. The monoisotopic (exact) mass is 571 g/mol. The summed E-state index contributed by atoms with van der Waals surface area (Å²) in [6.07, 6.45) is 0.276. The van der Waals surface area contributed by atoms with Crippen LogP contribution in [0.5, 0.6) is 5.75 Å². The van der Waals surface area contributed by atoms with Crippen LogP contribution in [0, 0.1) is 0 Å². The van der Waals surface area contributed by atoms with Gasteiger partial charge in [0.05, 0.1) is 6.61 Å². The van der Waals surface area contributed by atoms with E-state index < -0.39 is 54.5 Å². The van der Waals surface area contributed by atoms with E-state index in [0.717, 1.165) is 0 Å². The number of guanidine groups is 1. The van der Waals surface area contributed by atoms with Crippen LogP contribution >= 0.6 is 0 Å². The molecule has 0 aliphatic rings. The Morgan fingerprint density at radius 3 is 1.90 bits per heavy atom. The largest absolute Gasteiger partial charge is 0.508 e. The van der Waals surface area contributed by atoms with E-state index in [2.05, 4.69) is 20.9 Å². The molecule has 0 fully saturated rings. The molecule has 2 rings (SSSR count). The average Bonchev–Trinajstić information content (AvgIpc) is 2.94. The van der Waals surface area contributed by atoms with E-state index in [0.29, 0.717) is 11.1 Å². The summed E-state index contributed by atoms with van der Waals surface area (Å²) in [6, 6.07) is 9.66. The van der Waals surface area contributed by atoms with E-state index in [9.17, 15) is 34.5 Å². The topological polar surface area (TPSA) is 255 Å². The minimum absolute atomic E-state index is 0.00491. The van der Waals surface area contributed by atoms with Crippen molar-refractivity contribution in [3.05, 3.63) is 65.7 Å². The molecule has 0 saturated heterocycles. The van der Waals surface area contributed by atoms with Crippen LogP contribution in [-0.2, 0) is 32.0 Å². The third kappa shape index (κ3) is 11.5. The van der Waals surface area contributed by atoms with E-state index in [4.69, 9.17) is 17.2 Å². The standard InChI is InChI=1S/C27H37N7O7/c28-19(15-35)23(37)33-21(13-16-5-2-1-3-6-16)25(39)32-20(7-4-12-31-27(29)30)24(38)34-22(26(40)41)14-17-8-10-18(36)11-9-17/h1-3,5-6,8-11,19-22,35-36H,4,7,12-15,28H2,(H,32,39)(H,33,37)(H,34,38)(H,40,41)(H4,29,30,31)/t19-,20-,21-,22-/m0/s1. The Morgan fingerprint density at radius 1 is 0.780 bits per heavy atom. The minimum Gasteiger partial charge on any atom is -0.508 e. The van der Waals surface area contributed by atoms with Crippen LogP contribution in [0.15, 0.2) is 59.6 Å². The fourth-order valence-electron chi connectivity index (χ4n) is 3.81. The molecule has 3 amide bonds. The number of aliphatic carboxylic acids is 1. The van der Waals surface area contributed by atoms with Gasteiger partial charge in [-0.1, -0.05) is 42.5 Å². The van der Waals surface area contributed by atoms with Gasteiger partial charge < -0.3 is 48.5 Å². The van der Waals surface area contributed by atoms with Crippen LogP contribution in [0.2, 0.25) is 0 Å². The lowest BCUT2D eigenvalue weighted by atomic mass is 10.0. The summed E-state index contributed by atoms with van der Waals surface area (Å²) in [5.41, 5.74) is 17.6. The molecule has 222 valence electrons. The second-order valence-electron chi connectivity index (χ2n) is 9.32. The van der Waals surface area contributed by atoms with Gasteiger partial charge in [-0.3, -0.25) is 19.4 Å². The van der Waals surface area contributed by atoms with Crippen molar-refractivity contribution in [3.63, 3.8) is 0 Å². The molecule has 0 radical (unpaired) electrons. The number of hydrogen-bond donors (Lipinski definition) is 9. The summed E-state index contributed by atoms with van der Waals surface area (Å²) in [5.74, 6) is -3.71. The van der Waals surface area contributed by atoms with Crippen LogP contribution in [0.1, 0.15) is 24.0 Å². The van der Waals surface area contributed by atoms with Gasteiger partial charge in [0, 0.05) is 19.4 Å². The average molecular weight is 572 g/mol. The maximum Gasteiger partial charge on any atom is 0.326 e. The molecule has 0 bridgehead atoms. The van der Waals surface area contributed by atoms with Gasteiger partial charge in [0.25, 0.3) is 0 Å². The normalized spacial score (nSPS) is 13.6. The first-order valence-electron chi connectivity index (χ1n) is 12.9. The lowest BCUT2D eigenvalue weighted by Crippen LogP contribution is -2.58. The number of aliphatic imine (C=N–C) groups is 1. The van der Waals surface area contributed by atoms with E-state index in [1.165, 1.54) is 24.3 Å². The third-order valence-electron chi connectivity index (χ3n) is 6.02. The predicted octanol–water partition coefficient (Wildman–Crippen LogP) is -1.91. The molecule has 2 aromatic carbocycles. The SMILES string of the molecule is NC(N)=NCCC[C@H](NC(=O)[C@H](Cc1ccccc1)NC(=O)[C@@H](N)CO)C(=O)N[C@@H](Cc1ccc(O)cc1)C(=O)O. The number of nitrogens with zero attached hydrogens (tertiary/aromatic N) is 1. The quantitative estimate of drug-likeness (QED) is 0.0613. The fraction of sp³-hybridized carbons (Fsp3) is 0.370. The Labute approximate surface area is 237 Å². The van der Waals surface area contributed by atoms with E-state index in [1.54, 1.807) is 30.3 Å². The van der Waals surface area contributed by atoms with Gasteiger partial charge in [0.15, 0.2) is 5.96 Å². The van der Waals surface area contributed by atoms with Gasteiger partial charge in [-0.2, -0.15) is 0 Å². The number of benzene rings is 2. The fourth-order valence-corrected chi connectivity index (χ4v) is 3.81. The molecule has 0 aromatic heterocycles. The maximum absolute atomic E-state index is 13.4. The number of phenolic OH excluding ortho intramolecular Hbond substituents is 1. The molecule has 0 aliphatic heterocycles. The molecular weight excluding hydrogens is 534 g/mol. The highest BCUT2D eigenvalue weighted by Crippen LogP contribution is 2.12. The predicted molar refractivity (Wildman–Crippen MR) is 150 cm³/mol. The van der Waals surface area contributed by atoms with Crippen molar-refractivity contribution >= 4 is 29.7 Å². The van der Waals surface area contributed by atoms with Crippen molar-refractivity contribution in [2.75, 3.05) is 13.2 Å². The summed E-state index contributed by atoms with van der Waals surface area (Å²) in [5, 5.41) is 36.0. The molecule has 0 aliphatic carbocycles. The van der Waals surface area contributed by atoms with Crippen molar-refractivity contribution in [2.24, 2.45) is 22.2 Å². The van der Waals surface area contributed by atoms with Crippen molar-refractivity contribution < 1.29 is 34.5 Å². The molecule has 0 heterocycles. The van der Waals surface area contributed by atoms with Crippen molar-refractivity contribution in [1.29, 1.82) is 0 Å². The van der Waals surface area contributed by atoms with E-state index >= 15 is 0 Å². The summed E-state index contributed by atoms with van der Waals surface area (Å²) in [4.78, 5) is 54.9. The number of carboxylic acid groups (broad SMARTS) is 1. The molecular formula is C27H37N7O7. The zero-order valence-corrected chi connectivity index (χ0v) is 22.4. The lowest BCUT2D eigenvalue weighted by molar-refractivity contribution is -0.142. The zero-order chi connectivity index (χ0) is 30.4. The van der Waals surface area contributed by atoms with Crippen LogP contribution in [0.3, 0.4) is 0 Å². The molecule has 14 heteroatoms. The summed E-state index contributed by atoms with van der Waals surface area (Å²) >= 11 is 0. The molecule has 4 atom stereocenters. The van der Waals surface area contributed by atoms with Crippen LogP contribution in [0.4, 0.5) is 0 Å². The van der Waals surface area contributed by atoms with Crippen LogP contribution in [0.25, 0.3) is 0 Å². The Balaban J connectivity index is 2.24. The van der Waals surface area contributed by atoms with Gasteiger partial charge in [0.1, 0.15) is 29.9 Å². The first-order chi connectivity index (χ1) is 19.5. The van der Waals surface area contributed by atoms with E-state index in [-0.39, 0.29) is 43.9 Å². The number of aromatic hydroxyl groups is 1. The third-order valence-corrected chi connectivity index (χ3v) is 6.02. The molecule has 12 N–H and O–H groups in total. The maximum atomic E-state index is 13.4. The lowest BCUT2D eigenvalue weighted by Gasteiger charge is -2.25. The number of phenols is 1. The highest BCUT2D eigenvalue weighted by Gasteiger charge is 2.30. The molecule has 0 spiro atoms. The Kier molecular flexibility index (Phi) is 13.0. The van der Waals surface area contributed by atoms with Crippen molar-refractivity contribution in [1.82, 2.24) is 16.0 Å². The smallest absolute Gasteiger partial charge is 0.326 e. The molecule has 14 nitrogen and oxygen atoms in total. The highest BCUT2D eigenvalue weighted by molar-refractivity contribution is 5.94. The summed E-state index contributed by atoms with van der Waals surface area (Å²) in [7, 11) is 0. The Bertz CT molecular complexity index is 1190. The Hall–Kier alpha value is -4.69. The first kappa shape index (κ1) is 32.5. The second kappa shape index (κ2) is 16.4. The number of hydrogen-bond acceptors (Lipinski definition) is 8. The molecule has 0 unspecified atom stereocenters. The van der Waals surface area contributed by atoms with Crippen molar-refractivity contribution in [3.8, 4) is 5.75 Å². The van der Waals surface area contributed by atoms with Gasteiger partial charge in [0.2, 0.25) is 17.7 Å². The van der Waals surface area contributed by atoms with E-state index in [1.807, 2.05) is 0 Å². The summed E-state index contributed by atoms with van der Waals surface area (Å²) in [6.45, 7) is -0.494. The molecule has 2 aromatic rings. The van der Waals surface area contributed by atoms with Gasteiger partial charge in [-0.25, -0.2) is 4.79 Å². The van der Waals surface area contributed by atoms with Gasteiger partial charge in [-0.15, -0.1) is 0 Å². The van der Waals surface area contributed by atoms with Crippen LogP contribution < -0.4 is 33.2 Å². The van der Waals surface area contributed by atoms with Crippen LogP contribution in [-0.4, -0.2) is 82.3 Å². The van der Waals surface area contributed by atoms with Gasteiger partial charge in [-0.05, 0) is 36.1 Å². The number of nitrogens with one attached hydrogen (secondary N) is 3. The molecule has 0 saturated carbocycles. The zero-order valence-electron chi connectivity index (χ0n) is 22.4. The number of rotatable bonds is 16. The van der Waals surface area contributed by atoms with Crippen molar-refractivity contribution in [2.45, 2.75) is 49.9 Å². The van der Waals surface area contributed by atoms with Gasteiger partial charge >= 0.3 is 5.97 Å². The highest BCUT2D eigenvalue weighted by atomic mass is 16.4. The number of nitrogens with two attached hydrogens (primary N) is 3. The minimum atomic E-state index is -1.34. The molecule has 41 heavy (non-hydrogen) atoms. The number of carboxylic acids is 1. The summed E-state index contributed by atoms with van der Waals surface area (Å²) < 4.78 is 0. The first-order valence-corrected chi connectivity index (χ1v) is 12.9. The number of amides is 3. The number of aliphatic hydroxyl groups is 1. The Morgan fingerprint density at radius 2 is 1.32 bits per heavy atom.